The minimum atomic E-state index is -0.362. The van der Waals surface area contributed by atoms with E-state index in [1.807, 2.05) is 55.4 Å². The quantitative estimate of drug-likeness (QED) is 0.161. The number of hydrogen-bond donors (Lipinski definition) is 2. The van der Waals surface area contributed by atoms with E-state index in [2.05, 4.69) is 43.5 Å². The lowest BCUT2D eigenvalue weighted by molar-refractivity contribution is -0.384. The van der Waals surface area contributed by atoms with Crippen molar-refractivity contribution in [3.63, 3.8) is 0 Å². The highest BCUT2D eigenvalue weighted by Crippen LogP contribution is 2.32. The molecule has 0 amide bonds. The van der Waals surface area contributed by atoms with Crippen LogP contribution in [0.1, 0.15) is 57.6 Å². The van der Waals surface area contributed by atoms with Gasteiger partial charge in [-0.3, -0.25) is 10.1 Å². The van der Waals surface area contributed by atoms with E-state index in [4.69, 9.17) is 14.7 Å². The zero-order chi connectivity index (χ0) is 29.9. The van der Waals surface area contributed by atoms with Crippen LogP contribution in [0.5, 0.6) is 11.5 Å². The third kappa shape index (κ3) is 6.97. The summed E-state index contributed by atoms with van der Waals surface area (Å²) in [6, 6.07) is 21.5. The lowest BCUT2D eigenvalue weighted by atomic mass is 9.87. The van der Waals surface area contributed by atoms with Crippen LogP contribution >= 0.6 is 0 Å². The number of nitrogens with zero attached hydrogens (tertiary/aromatic N) is 4. The number of fused-ring (bicyclic) bond motifs is 1. The van der Waals surface area contributed by atoms with Gasteiger partial charge in [-0.25, -0.2) is 4.98 Å². The maximum atomic E-state index is 11.5. The SMILES string of the molecule is CN(C)c1nc(NC2CCC(NCc3cc([N+](=O)[O-])ccc3Oc3ccc(C(C)(C)C)cc3)CC2)nc2ccccc12. The second kappa shape index (κ2) is 12.3. The van der Waals surface area contributed by atoms with Gasteiger partial charge in [0, 0.05) is 55.8 Å². The van der Waals surface area contributed by atoms with E-state index in [1.165, 1.54) is 11.6 Å². The van der Waals surface area contributed by atoms with Gasteiger partial charge in [0.15, 0.2) is 0 Å². The Morgan fingerprint density at radius 2 is 1.64 bits per heavy atom. The molecule has 9 heteroatoms. The third-order valence-electron chi connectivity index (χ3n) is 7.85. The molecule has 0 radical (unpaired) electrons. The van der Waals surface area contributed by atoms with Crippen molar-refractivity contribution in [1.82, 2.24) is 15.3 Å². The Morgan fingerprint density at radius 1 is 0.952 bits per heavy atom. The summed E-state index contributed by atoms with van der Waals surface area (Å²) in [5, 5.41) is 19.7. The number of benzene rings is 3. The number of para-hydroxylation sites is 1. The highest BCUT2D eigenvalue weighted by Gasteiger charge is 2.23. The molecule has 5 rings (SSSR count). The maximum absolute atomic E-state index is 11.5. The zero-order valence-corrected chi connectivity index (χ0v) is 25.1. The molecule has 0 unspecified atom stereocenters. The van der Waals surface area contributed by atoms with Gasteiger partial charge in [0.2, 0.25) is 5.95 Å². The first-order valence-corrected chi connectivity index (χ1v) is 14.6. The summed E-state index contributed by atoms with van der Waals surface area (Å²) < 4.78 is 6.20. The maximum Gasteiger partial charge on any atom is 0.270 e. The van der Waals surface area contributed by atoms with Crippen molar-refractivity contribution in [2.45, 2.75) is 70.5 Å². The van der Waals surface area contributed by atoms with Crippen molar-refractivity contribution in [3.05, 3.63) is 88.0 Å². The second-order valence-corrected chi connectivity index (χ2v) is 12.3. The van der Waals surface area contributed by atoms with Gasteiger partial charge in [-0.05, 0) is 67.0 Å². The molecule has 42 heavy (non-hydrogen) atoms. The number of non-ortho nitro benzene ring substituents is 1. The summed E-state index contributed by atoms with van der Waals surface area (Å²) in [6.45, 7) is 7.00. The fraction of sp³-hybridized carbons (Fsp3) is 0.394. The van der Waals surface area contributed by atoms with Gasteiger partial charge in [-0.1, -0.05) is 45.0 Å². The molecular formula is C33H40N6O3. The van der Waals surface area contributed by atoms with Gasteiger partial charge < -0.3 is 20.3 Å². The monoisotopic (exact) mass is 568 g/mol. The Balaban J connectivity index is 1.21. The van der Waals surface area contributed by atoms with E-state index in [9.17, 15) is 10.1 Å². The molecule has 0 atom stereocenters. The Labute approximate surface area is 247 Å². The normalized spacial score (nSPS) is 17.2. The highest BCUT2D eigenvalue weighted by molar-refractivity contribution is 5.90. The predicted octanol–water partition coefficient (Wildman–Crippen LogP) is 7.21. The molecule has 0 aliphatic heterocycles. The van der Waals surface area contributed by atoms with Crippen LogP contribution in [-0.4, -0.2) is 41.1 Å². The van der Waals surface area contributed by atoms with Crippen molar-refractivity contribution < 1.29 is 9.66 Å². The average molecular weight is 569 g/mol. The number of anilines is 2. The van der Waals surface area contributed by atoms with E-state index in [1.54, 1.807) is 12.1 Å². The van der Waals surface area contributed by atoms with Gasteiger partial charge in [0.1, 0.15) is 17.3 Å². The Bertz CT molecular complexity index is 1540. The summed E-state index contributed by atoms with van der Waals surface area (Å²) in [7, 11) is 3.99. The number of nitrogens with one attached hydrogen (secondary N) is 2. The van der Waals surface area contributed by atoms with Crippen molar-refractivity contribution in [1.29, 1.82) is 0 Å². The van der Waals surface area contributed by atoms with Gasteiger partial charge in [-0.2, -0.15) is 4.98 Å². The van der Waals surface area contributed by atoms with Crippen LogP contribution in [0, 0.1) is 10.1 Å². The van der Waals surface area contributed by atoms with Gasteiger partial charge >= 0.3 is 0 Å². The molecule has 1 fully saturated rings. The number of nitro benzene ring substituents is 1. The number of nitro groups is 1. The van der Waals surface area contributed by atoms with Gasteiger partial charge in [0.05, 0.1) is 10.4 Å². The van der Waals surface area contributed by atoms with E-state index in [0.29, 0.717) is 30.0 Å². The van der Waals surface area contributed by atoms with Crippen LogP contribution < -0.4 is 20.3 Å². The first-order chi connectivity index (χ1) is 20.1. The van der Waals surface area contributed by atoms with Gasteiger partial charge in [0.25, 0.3) is 5.69 Å². The van der Waals surface area contributed by atoms with Crippen molar-refractivity contribution in [3.8, 4) is 11.5 Å². The minimum absolute atomic E-state index is 0.0488. The van der Waals surface area contributed by atoms with Crippen molar-refractivity contribution >= 4 is 28.4 Å². The van der Waals surface area contributed by atoms with Crippen LogP contribution in [0.3, 0.4) is 0 Å². The van der Waals surface area contributed by atoms with Crippen LogP contribution in [0.15, 0.2) is 66.7 Å². The molecule has 9 nitrogen and oxygen atoms in total. The number of rotatable bonds is 9. The standard InChI is InChI=1S/C33H40N6O3/c1-33(2,3)23-10-17-27(18-11-23)42-30-19-16-26(39(40)41)20-22(30)21-34-24-12-14-25(15-13-24)35-32-36-29-9-7-6-8-28(29)31(37-32)38(4)5/h6-11,16-20,24-25,34H,12-15,21H2,1-5H3,(H,35,36,37). The number of ether oxygens (including phenoxy) is 1. The largest absolute Gasteiger partial charge is 0.457 e. The van der Waals surface area contributed by atoms with Crippen LogP contribution in [0.4, 0.5) is 17.5 Å². The number of hydrogen-bond acceptors (Lipinski definition) is 8. The summed E-state index contributed by atoms with van der Waals surface area (Å²) in [6.07, 6.45) is 3.91. The molecule has 4 aromatic rings. The Kier molecular flexibility index (Phi) is 8.59. The van der Waals surface area contributed by atoms with E-state index < -0.39 is 0 Å². The van der Waals surface area contributed by atoms with Crippen LogP contribution in [-0.2, 0) is 12.0 Å². The molecule has 0 saturated heterocycles. The van der Waals surface area contributed by atoms with Gasteiger partial charge in [-0.15, -0.1) is 0 Å². The molecule has 1 aliphatic carbocycles. The molecule has 1 saturated carbocycles. The summed E-state index contributed by atoms with van der Waals surface area (Å²) >= 11 is 0. The lowest BCUT2D eigenvalue weighted by Crippen LogP contribution is -2.37. The lowest BCUT2D eigenvalue weighted by Gasteiger charge is -2.30. The topological polar surface area (TPSA) is 105 Å². The van der Waals surface area contributed by atoms with Crippen LogP contribution in [0.25, 0.3) is 10.9 Å². The predicted molar refractivity (Wildman–Crippen MR) is 169 cm³/mol. The Morgan fingerprint density at radius 3 is 2.31 bits per heavy atom. The molecular weight excluding hydrogens is 528 g/mol. The number of aromatic nitrogens is 2. The van der Waals surface area contributed by atoms with Crippen LogP contribution in [0.2, 0.25) is 0 Å². The molecule has 1 aliphatic rings. The summed E-state index contributed by atoms with van der Waals surface area (Å²) in [5.74, 6) is 2.89. The minimum Gasteiger partial charge on any atom is -0.457 e. The summed E-state index contributed by atoms with van der Waals surface area (Å²) in [5.41, 5.74) is 3.02. The molecule has 1 heterocycles. The van der Waals surface area contributed by atoms with Crippen molar-refractivity contribution in [2.75, 3.05) is 24.3 Å². The molecule has 3 aromatic carbocycles. The third-order valence-corrected chi connectivity index (χ3v) is 7.85. The van der Waals surface area contributed by atoms with Crippen molar-refractivity contribution in [2.24, 2.45) is 0 Å². The molecule has 0 bridgehead atoms. The van der Waals surface area contributed by atoms with E-state index in [-0.39, 0.29) is 22.1 Å². The second-order valence-electron chi connectivity index (χ2n) is 12.3. The van der Waals surface area contributed by atoms with E-state index in [0.717, 1.165) is 48.0 Å². The molecule has 1 aromatic heterocycles. The fourth-order valence-electron chi connectivity index (χ4n) is 5.41. The highest BCUT2D eigenvalue weighted by atomic mass is 16.6. The fourth-order valence-corrected chi connectivity index (χ4v) is 5.41. The Hall–Kier alpha value is -4.24. The first kappa shape index (κ1) is 29.3. The average Bonchev–Trinajstić information content (AvgIpc) is 2.96. The summed E-state index contributed by atoms with van der Waals surface area (Å²) in [4.78, 5) is 22.7. The smallest absolute Gasteiger partial charge is 0.270 e. The molecule has 0 spiro atoms. The van der Waals surface area contributed by atoms with E-state index >= 15 is 0 Å². The molecule has 220 valence electrons. The zero-order valence-electron chi connectivity index (χ0n) is 25.1. The first-order valence-electron chi connectivity index (χ1n) is 14.6. The molecule has 2 N–H and O–H groups in total.